The molecule has 0 spiro atoms. The molecule has 0 aliphatic rings. The van der Waals surface area contributed by atoms with Gasteiger partial charge in [0.05, 0.1) is 10.6 Å². The second-order valence-corrected chi connectivity index (χ2v) is 6.52. The molecule has 0 aliphatic carbocycles. The number of nitro groups is 1. The minimum Gasteiger partial charge on any atom is -0.332 e. The topological polar surface area (TPSA) is 68.1 Å². The van der Waals surface area contributed by atoms with Crippen molar-refractivity contribution in [2.45, 2.75) is 13.8 Å². The monoisotopic (exact) mass is 343 g/mol. The summed E-state index contributed by atoms with van der Waals surface area (Å²) in [5.74, 6) is -0.240. The van der Waals surface area contributed by atoms with Crippen molar-refractivity contribution < 1.29 is 9.31 Å². The Morgan fingerprint density at radius 1 is 1.17 bits per heavy atom. The first-order valence-corrected chi connectivity index (χ1v) is 8.01. The quantitative estimate of drug-likeness (QED) is 0.521. The molecule has 0 amide bonds. The number of rotatable bonds is 4. The number of halogens is 1. The molecule has 3 aromatic rings. The number of anilines is 2. The van der Waals surface area contributed by atoms with Crippen molar-refractivity contribution >= 4 is 27.8 Å². The lowest BCUT2D eigenvalue weighted by molar-refractivity contribution is -0.384. The fraction of sp³-hybridized carbons (Fsp3) is 0.118. The maximum atomic E-state index is 13.4. The lowest BCUT2D eigenvalue weighted by Crippen LogP contribution is -1.92. The van der Waals surface area contributed by atoms with Gasteiger partial charge in [0.25, 0.3) is 5.69 Å². The van der Waals surface area contributed by atoms with Crippen LogP contribution in [0.4, 0.5) is 20.9 Å². The molecule has 3 rings (SSSR count). The van der Waals surface area contributed by atoms with Crippen LogP contribution in [0.15, 0.2) is 42.5 Å². The number of hydrogen-bond acceptors (Lipinski definition) is 5. The molecule has 5 nitrogen and oxygen atoms in total. The van der Waals surface area contributed by atoms with Crippen LogP contribution in [0.5, 0.6) is 0 Å². The van der Waals surface area contributed by atoms with Gasteiger partial charge in [-0.25, -0.2) is 9.37 Å². The van der Waals surface area contributed by atoms with Crippen molar-refractivity contribution in [3.63, 3.8) is 0 Å². The molecule has 0 radical (unpaired) electrons. The fourth-order valence-corrected chi connectivity index (χ4v) is 3.16. The van der Waals surface area contributed by atoms with Crippen molar-refractivity contribution in [3.05, 3.63) is 68.8 Å². The summed E-state index contributed by atoms with van der Waals surface area (Å²) >= 11 is 1.47. The minimum atomic E-state index is -0.438. The molecular weight excluding hydrogens is 329 g/mol. The van der Waals surface area contributed by atoms with E-state index in [9.17, 15) is 14.5 Å². The Kier molecular flexibility index (Phi) is 4.26. The normalized spacial score (nSPS) is 10.6. The molecule has 1 N–H and O–H groups in total. The lowest BCUT2D eigenvalue weighted by Gasteiger charge is -2.02. The van der Waals surface area contributed by atoms with Gasteiger partial charge in [0, 0.05) is 28.3 Å². The highest BCUT2D eigenvalue weighted by molar-refractivity contribution is 7.16. The summed E-state index contributed by atoms with van der Waals surface area (Å²) in [5, 5.41) is 14.5. The van der Waals surface area contributed by atoms with Gasteiger partial charge >= 0.3 is 0 Å². The number of nitrogens with one attached hydrogen (secondary N) is 1. The Bertz CT molecular complexity index is 907. The summed E-state index contributed by atoms with van der Waals surface area (Å²) in [6, 6.07) is 11.1. The molecule has 0 atom stereocenters. The van der Waals surface area contributed by atoms with Crippen molar-refractivity contribution in [2.75, 3.05) is 5.32 Å². The fourth-order valence-electron chi connectivity index (χ4n) is 2.30. The van der Waals surface area contributed by atoms with Crippen LogP contribution >= 0.6 is 11.3 Å². The van der Waals surface area contributed by atoms with Gasteiger partial charge in [0.2, 0.25) is 0 Å². The third-order valence-electron chi connectivity index (χ3n) is 3.56. The highest BCUT2D eigenvalue weighted by Crippen LogP contribution is 2.32. The van der Waals surface area contributed by atoms with Gasteiger partial charge in [-0.05, 0) is 49.7 Å². The number of hydrogen-bond donors (Lipinski definition) is 1. The molecule has 0 aliphatic heterocycles. The Morgan fingerprint density at radius 2 is 1.88 bits per heavy atom. The third kappa shape index (κ3) is 3.26. The van der Waals surface area contributed by atoms with E-state index in [2.05, 4.69) is 10.3 Å². The molecule has 0 saturated carbocycles. The van der Waals surface area contributed by atoms with E-state index in [4.69, 9.17) is 0 Å². The molecule has 7 heteroatoms. The summed E-state index contributed by atoms with van der Waals surface area (Å²) in [6.07, 6.45) is 0. The van der Waals surface area contributed by atoms with Crippen molar-refractivity contribution in [1.82, 2.24) is 4.98 Å². The maximum Gasteiger partial charge on any atom is 0.269 e. The van der Waals surface area contributed by atoms with E-state index in [0.29, 0.717) is 10.7 Å². The van der Waals surface area contributed by atoms with E-state index in [-0.39, 0.29) is 11.5 Å². The largest absolute Gasteiger partial charge is 0.332 e. The molecule has 24 heavy (non-hydrogen) atoms. The van der Waals surface area contributed by atoms with Crippen LogP contribution in [0, 0.1) is 29.8 Å². The van der Waals surface area contributed by atoms with E-state index in [1.807, 2.05) is 6.92 Å². The van der Waals surface area contributed by atoms with E-state index in [1.54, 1.807) is 31.2 Å². The van der Waals surface area contributed by atoms with Crippen molar-refractivity contribution in [1.29, 1.82) is 0 Å². The van der Waals surface area contributed by atoms with E-state index in [0.717, 1.165) is 21.8 Å². The average molecular weight is 343 g/mol. The molecule has 0 unspecified atom stereocenters. The van der Waals surface area contributed by atoms with Crippen LogP contribution in [0.3, 0.4) is 0 Å². The lowest BCUT2D eigenvalue weighted by atomic mass is 10.1. The van der Waals surface area contributed by atoms with Gasteiger partial charge in [-0.1, -0.05) is 0 Å². The molecule has 1 heterocycles. The van der Waals surface area contributed by atoms with Gasteiger partial charge < -0.3 is 5.32 Å². The standard InChI is InChI=1S/C17H14FN3O2S/c1-10-9-12(3-8-15(10)18)16-11(2)24-17(20-16)19-13-4-6-14(7-5-13)21(22)23/h3-9H,1-2H3,(H,19,20). The Morgan fingerprint density at radius 3 is 2.50 bits per heavy atom. The molecule has 0 bridgehead atoms. The van der Waals surface area contributed by atoms with Crippen LogP contribution in [0.25, 0.3) is 11.3 Å². The van der Waals surface area contributed by atoms with Gasteiger partial charge in [0.1, 0.15) is 5.82 Å². The van der Waals surface area contributed by atoms with Crippen LogP contribution in [0.1, 0.15) is 10.4 Å². The molecule has 2 aromatic carbocycles. The zero-order valence-corrected chi connectivity index (χ0v) is 13.9. The van der Waals surface area contributed by atoms with Gasteiger partial charge in [0.15, 0.2) is 5.13 Å². The summed E-state index contributed by atoms with van der Waals surface area (Å²) in [7, 11) is 0. The Hall–Kier alpha value is -2.80. The summed E-state index contributed by atoms with van der Waals surface area (Å²) in [5.41, 5.74) is 2.99. The number of nitro benzene ring substituents is 1. The van der Waals surface area contributed by atoms with Crippen LogP contribution < -0.4 is 5.32 Å². The summed E-state index contributed by atoms with van der Waals surface area (Å²) in [6.45, 7) is 3.67. The van der Waals surface area contributed by atoms with E-state index >= 15 is 0 Å². The maximum absolute atomic E-state index is 13.4. The van der Waals surface area contributed by atoms with E-state index in [1.165, 1.54) is 29.5 Å². The highest BCUT2D eigenvalue weighted by Gasteiger charge is 2.12. The van der Waals surface area contributed by atoms with Crippen molar-refractivity contribution in [3.8, 4) is 11.3 Å². The highest BCUT2D eigenvalue weighted by atomic mass is 32.1. The first-order valence-electron chi connectivity index (χ1n) is 7.19. The third-order valence-corrected chi connectivity index (χ3v) is 4.44. The van der Waals surface area contributed by atoms with Crippen LogP contribution in [-0.2, 0) is 0 Å². The number of aryl methyl sites for hydroxylation is 2. The smallest absolute Gasteiger partial charge is 0.269 e. The van der Waals surface area contributed by atoms with Gasteiger partial charge in [-0.2, -0.15) is 0 Å². The SMILES string of the molecule is Cc1cc(-c2nc(Nc3ccc([N+](=O)[O-])cc3)sc2C)ccc1F. The Labute approximate surface area is 142 Å². The number of non-ortho nitro benzene ring substituents is 1. The Balaban J connectivity index is 1.85. The van der Waals surface area contributed by atoms with Gasteiger partial charge in [-0.3, -0.25) is 10.1 Å². The predicted molar refractivity (Wildman–Crippen MR) is 93.4 cm³/mol. The first-order chi connectivity index (χ1) is 11.4. The first kappa shape index (κ1) is 16.1. The molecule has 0 saturated heterocycles. The molecule has 1 aromatic heterocycles. The molecular formula is C17H14FN3O2S. The van der Waals surface area contributed by atoms with E-state index < -0.39 is 4.92 Å². The zero-order valence-electron chi connectivity index (χ0n) is 13.0. The number of aromatic nitrogens is 1. The van der Waals surface area contributed by atoms with Crippen molar-refractivity contribution in [2.24, 2.45) is 0 Å². The second-order valence-electron chi connectivity index (χ2n) is 5.32. The number of nitrogens with zero attached hydrogens (tertiary/aromatic N) is 2. The van der Waals surface area contributed by atoms with Gasteiger partial charge in [-0.15, -0.1) is 11.3 Å². The second kappa shape index (κ2) is 6.37. The minimum absolute atomic E-state index is 0.0401. The summed E-state index contributed by atoms with van der Waals surface area (Å²) < 4.78 is 13.4. The molecule has 122 valence electrons. The summed E-state index contributed by atoms with van der Waals surface area (Å²) in [4.78, 5) is 15.8. The molecule has 0 fully saturated rings. The van der Waals surface area contributed by atoms with Crippen LogP contribution in [0.2, 0.25) is 0 Å². The number of benzene rings is 2. The zero-order chi connectivity index (χ0) is 17.3. The number of thiazole rings is 1. The van der Waals surface area contributed by atoms with Crippen LogP contribution in [-0.4, -0.2) is 9.91 Å². The predicted octanol–water partition coefficient (Wildman–Crippen LogP) is 5.22. The average Bonchev–Trinajstić information content (AvgIpc) is 2.91.